The predicted molar refractivity (Wildman–Crippen MR) is 264 cm³/mol. The Morgan fingerprint density at radius 1 is 0.362 bits per heavy atom. The highest BCUT2D eigenvalue weighted by atomic mass is 32.1. The standard InChI is InChI=1S/C52H78O2S4/c1-7-13-15-17-19-21-23-25-27-29-31-39-33-47-49(55-39)37-45(57-47)41-35-44(52(54,11-5)12-6)42(36-43(41)51(53,9-3)10-4)46-38-50-48(58-46)34-40(56-50)32-30-28-26-24-22-20-18-16-14-8-2/h33-38,53-54H,7-32H2,1-6H3. The molecule has 4 heterocycles. The van der Waals surface area contributed by atoms with Crippen molar-refractivity contribution < 1.29 is 10.2 Å². The third-order valence-corrected chi connectivity index (χ3v) is 17.9. The first-order valence-electron chi connectivity index (χ1n) is 23.9. The van der Waals surface area contributed by atoms with E-state index in [0.717, 1.165) is 22.3 Å². The maximum absolute atomic E-state index is 12.3. The number of fused-ring (bicyclic) bond motifs is 2. The summed E-state index contributed by atoms with van der Waals surface area (Å²) < 4.78 is 5.40. The van der Waals surface area contributed by atoms with Gasteiger partial charge in [0.25, 0.3) is 0 Å². The Kier molecular flexibility index (Phi) is 19.8. The molecule has 0 atom stereocenters. The normalized spacial score (nSPS) is 12.6. The van der Waals surface area contributed by atoms with Gasteiger partial charge >= 0.3 is 0 Å². The van der Waals surface area contributed by atoms with Crippen molar-refractivity contribution in [1.82, 2.24) is 0 Å². The van der Waals surface area contributed by atoms with Crippen LogP contribution in [0.5, 0.6) is 0 Å². The summed E-state index contributed by atoms with van der Waals surface area (Å²) in [5.74, 6) is 0. The monoisotopic (exact) mass is 862 g/mol. The number of aliphatic hydroxyl groups is 2. The molecule has 1 aromatic carbocycles. The topological polar surface area (TPSA) is 40.5 Å². The lowest BCUT2D eigenvalue weighted by molar-refractivity contribution is 0.0255. The molecular formula is C52H78O2S4. The molecule has 2 N–H and O–H groups in total. The highest BCUT2D eigenvalue weighted by molar-refractivity contribution is 7.30. The zero-order valence-electron chi connectivity index (χ0n) is 37.4. The van der Waals surface area contributed by atoms with Gasteiger partial charge in [-0.2, -0.15) is 0 Å². The van der Waals surface area contributed by atoms with E-state index in [-0.39, 0.29) is 0 Å². The van der Waals surface area contributed by atoms with E-state index < -0.39 is 11.2 Å². The van der Waals surface area contributed by atoms with Crippen LogP contribution in [0.1, 0.15) is 217 Å². The van der Waals surface area contributed by atoms with E-state index in [1.54, 1.807) is 0 Å². The van der Waals surface area contributed by atoms with Crippen LogP contribution in [0.4, 0.5) is 0 Å². The maximum Gasteiger partial charge on any atom is 0.0897 e. The Balaban J connectivity index is 1.33. The quantitative estimate of drug-likeness (QED) is 0.0452. The molecule has 0 aliphatic carbocycles. The lowest BCUT2D eigenvalue weighted by Gasteiger charge is -2.33. The van der Waals surface area contributed by atoms with Gasteiger partial charge in [0.1, 0.15) is 0 Å². The number of benzene rings is 1. The van der Waals surface area contributed by atoms with Gasteiger partial charge in [-0.05, 0) is 110 Å². The molecule has 0 saturated heterocycles. The third-order valence-electron chi connectivity index (χ3n) is 13.1. The van der Waals surface area contributed by atoms with Gasteiger partial charge in [0.05, 0.1) is 11.2 Å². The van der Waals surface area contributed by atoms with E-state index in [4.69, 9.17) is 0 Å². The molecule has 4 aromatic heterocycles. The smallest absolute Gasteiger partial charge is 0.0897 e. The van der Waals surface area contributed by atoms with Crippen LogP contribution in [-0.4, -0.2) is 10.2 Å². The van der Waals surface area contributed by atoms with E-state index in [0.29, 0.717) is 25.7 Å². The summed E-state index contributed by atoms with van der Waals surface area (Å²) in [6.07, 6.45) is 32.3. The molecular weight excluding hydrogens is 785 g/mol. The number of hydrogen-bond donors (Lipinski definition) is 2. The van der Waals surface area contributed by atoms with Crippen LogP contribution in [0.3, 0.4) is 0 Å². The molecule has 0 spiro atoms. The van der Waals surface area contributed by atoms with Crippen molar-refractivity contribution in [2.75, 3.05) is 0 Å². The lowest BCUT2D eigenvalue weighted by atomic mass is 9.78. The van der Waals surface area contributed by atoms with Gasteiger partial charge < -0.3 is 10.2 Å². The van der Waals surface area contributed by atoms with Gasteiger partial charge in [-0.1, -0.05) is 157 Å². The van der Waals surface area contributed by atoms with Crippen LogP contribution < -0.4 is 0 Å². The second kappa shape index (κ2) is 24.2. The average molecular weight is 863 g/mol. The molecule has 0 aliphatic rings. The fraction of sp³-hybridized carbons (Fsp3) is 0.654. The number of aryl methyl sites for hydroxylation is 2. The first-order chi connectivity index (χ1) is 28.2. The molecule has 0 unspecified atom stereocenters. The van der Waals surface area contributed by atoms with Crippen molar-refractivity contribution >= 4 is 64.1 Å². The molecule has 0 saturated carbocycles. The van der Waals surface area contributed by atoms with Crippen LogP contribution in [0.2, 0.25) is 0 Å². The van der Waals surface area contributed by atoms with Gasteiger partial charge in [-0.3, -0.25) is 0 Å². The number of unbranched alkanes of at least 4 members (excludes halogenated alkanes) is 18. The summed E-state index contributed by atoms with van der Waals surface area (Å²) in [7, 11) is 0. The molecule has 0 radical (unpaired) electrons. The fourth-order valence-corrected chi connectivity index (χ4v) is 13.9. The van der Waals surface area contributed by atoms with E-state index in [2.05, 4.69) is 77.9 Å². The Morgan fingerprint density at radius 3 is 0.948 bits per heavy atom. The Labute approximate surface area is 369 Å². The van der Waals surface area contributed by atoms with Gasteiger partial charge in [0.15, 0.2) is 0 Å². The number of rotatable bonds is 30. The van der Waals surface area contributed by atoms with Crippen LogP contribution in [0, 0.1) is 0 Å². The Bertz CT molecular complexity index is 1710. The first-order valence-corrected chi connectivity index (χ1v) is 27.2. The van der Waals surface area contributed by atoms with Gasteiger partial charge in [-0.25, -0.2) is 0 Å². The van der Waals surface area contributed by atoms with Crippen LogP contribution in [0.25, 0.3) is 39.7 Å². The molecule has 0 bridgehead atoms. The molecule has 0 amide bonds. The summed E-state index contributed by atoms with van der Waals surface area (Å²) in [4.78, 5) is 5.40. The minimum Gasteiger partial charge on any atom is -0.385 e. The molecule has 322 valence electrons. The Morgan fingerprint density at radius 2 is 0.655 bits per heavy atom. The van der Waals surface area contributed by atoms with E-state index in [1.165, 1.54) is 180 Å². The second-order valence-corrected chi connectivity index (χ2v) is 21.9. The Hall–Kier alpha value is -1.54. The van der Waals surface area contributed by atoms with Crippen LogP contribution in [-0.2, 0) is 24.0 Å². The van der Waals surface area contributed by atoms with Crippen molar-refractivity contribution in [3.8, 4) is 20.9 Å². The molecule has 58 heavy (non-hydrogen) atoms. The second-order valence-electron chi connectivity index (χ2n) is 17.4. The summed E-state index contributed by atoms with van der Waals surface area (Å²) in [5, 5.41) is 24.6. The third kappa shape index (κ3) is 12.8. The van der Waals surface area contributed by atoms with Gasteiger partial charge in [0, 0.05) is 38.3 Å². The SMILES string of the molecule is CCCCCCCCCCCCc1cc2sc(-c3cc(C(O)(CC)CC)c(-c4cc5sc(CCCCCCCCCCCC)cc5s4)cc3C(O)(CC)CC)cc2s1. The molecule has 6 heteroatoms. The van der Waals surface area contributed by atoms with E-state index in [9.17, 15) is 10.2 Å². The van der Waals surface area contributed by atoms with Crippen molar-refractivity contribution in [3.63, 3.8) is 0 Å². The van der Waals surface area contributed by atoms with Gasteiger partial charge in [0.2, 0.25) is 0 Å². The van der Waals surface area contributed by atoms with Crippen molar-refractivity contribution in [2.24, 2.45) is 0 Å². The molecule has 2 nitrogen and oxygen atoms in total. The highest BCUT2D eigenvalue weighted by Gasteiger charge is 2.35. The summed E-state index contributed by atoms with van der Waals surface area (Å²) >= 11 is 7.63. The summed E-state index contributed by atoms with van der Waals surface area (Å²) in [6.45, 7) is 13.0. The number of thiophene rings is 4. The van der Waals surface area contributed by atoms with E-state index in [1.807, 2.05) is 45.3 Å². The lowest BCUT2D eigenvalue weighted by Crippen LogP contribution is -2.28. The van der Waals surface area contributed by atoms with Crippen molar-refractivity contribution in [2.45, 2.75) is 220 Å². The van der Waals surface area contributed by atoms with Crippen molar-refractivity contribution in [1.29, 1.82) is 0 Å². The highest BCUT2D eigenvalue weighted by Crippen LogP contribution is 2.50. The fourth-order valence-electron chi connectivity index (χ4n) is 8.90. The molecule has 0 fully saturated rings. The first kappa shape index (κ1) is 47.5. The van der Waals surface area contributed by atoms with Crippen molar-refractivity contribution in [3.05, 3.63) is 57.3 Å². The largest absolute Gasteiger partial charge is 0.385 e. The zero-order valence-corrected chi connectivity index (χ0v) is 40.6. The molecule has 5 rings (SSSR count). The minimum atomic E-state index is -0.950. The van der Waals surface area contributed by atoms with Crippen LogP contribution in [0.15, 0.2) is 36.4 Å². The number of hydrogen-bond acceptors (Lipinski definition) is 6. The predicted octanol–water partition coefficient (Wildman–Crippen LogP) is 18.5. The van der Waals surface area contributed by atoms with Crippen LogP contribution >= 0.6 is 45.3 Å². The molecule has 5 aromatic rings. The summed E-state index contributed by atoms with van der Waals surface area (Å²) in [6, 6.07) is 14.2. The summed E-state index contributed by atoms with van der Waals surface area (Å²) in [5.41, 5.74) is 2.29. The zero-order chi connectivity index (χ0) is 41.4. The average Bonchev–Trinajstić information content (AvgIpc) is 4.02. The molecule has 0 aliphatic heterocycles. The van der Waals surface area contributed by atoms with E-state index >= 15 is 0 Å². The maximum atomic E-state index is 12.3. The van der Waals surface area contributed by atoms with Gasteiger partial charge in [-0.15, -0.1) is 45.3 Å². The minimum absolute atomic E-state index is 0.645.